The summed E-state index contributed by atoms with van der Waals surface area (Å²) in [6.07, 6.45) is 3.83. The van der Waals surface area contributed by atoms with Crippen molar-refractivity contribution < 1.29 is 9.59 Å². The maximum atomic E-state index is 13.1. The van der Waals surface area contributed by atoms with Gasteiger partial charge in [0.2, 0.25) is 5.91 Å². The molecule has 0 spiro atoms. The highest BCUT2D eigenvalue weighted by molar-refractivity contribution is 6.05. The minimum absolute atomic E-state index is 0.00224. The number of para-hydroxylation sites is 1. The first-order valence-electron chi connectivity index (χ1n) is 9.89. The van der Waals surface area contributed by atoms with E-state index in [1.807, 2.05) is 36.1 Å². The number of aromatic amines is 1. The van der Waals surface area contributed by atoms with Crippen LogP contribution >= 0.6 is 0 Å². The highest BCUT2D eigenvalue weighted by atomic mass is 16.2. The van der Waals surface area contributed by atoms with E-state index < -0.39 is 0 Å². The van der Waals surface area contributed by atoms with Crippen LogP contribution in [0.15, 0.2) is 53.7 Å². The number of fused-ring (bicyclic) bond motifs is 2. The van der Waals surface area contributed by atoms with Crippen LogP contribution < -0.4 is 5.32 Å². The molecular weight excluding hydrogens is 364 g/mol. The molecule has 2 amide bonds. The Kier molecular flexibility index (Phi) is 4.19. The van der Waals surface area contributed by atoms with Crippen molar-refractivity contribution in [2.45, 2.75) is 39.4 Å². The number of nitrogens with zero attached hydrogens (tertiary/aromatic N) is 2. The molecule has 0 atom stereocenters. The first kappa shape index (κ1) is 17.7. The van der Waals surface area contributed by atoms with E-state index in [0.717, 1.165) is 46.0 Å². The fraction of sp³-hybridized carbons (Fsp3) is 0.261. The van der Waals surface area contributed by atoms with Crippen molar-refractivity contribution in [2.24, 2.45) is 0 Å². The summed E-state index contributed by atoms with van der Waals surface area (Å²) in [6.45, 7) is 3.56. The molecule has 5 rings (SSSR count). The first-order chi connectivity index (χ1) is 14.1. The smallest absolute Gasteiger partial charge is 0.256 e. The van der Waals surface area contributed by atoms with Crippen molar-refractivity contribution >= 4 is 22.7 Å². The van der Waals surface area contributed by atoms with Gasteiger partial charge >= 0.3 is 0 Å². The Morgan fingerprint density at radius 2 is 1.97 bits per heavy atom. The topological polar surface area (TPSA) is 78.1 Å². The van der Waals surface area contributed by atoms with Gasteiger partial charge in [-0.3, -0.25) is 14.7 Å². The first-order valence-corrected chi connectivity index (χ1v) is 9.89. The van der Waals surface area contributed by atoms with E-state index in [0.29, 0.717) is 25.2 Å². The molecule has 6 heteroatoms. The fourth-order valence-electron chi connectivity index (χ4n) is 3.93. The third-order valence-electron chi connectivity index (χ3n) is 5.81. The Bertz CT molecular complexity index is 1170. The minimum Gasteiger partial charge on any atom is -0.348 e. The molecule has 1 saturated carbocycles. The van der Waals surface area contributed by atoms with Gasteiger partial charge in [0.05, 0.1) is 17.3 Å². The normalized spacial score (nSPS) is 14.8. The summed E-state index contributed by atoms with van der Waals surface area (Å²) in [6, 6.07) is 11.8. The Morgan fingerprint density at radius 3 is 2.79 bits per heavy atom. The fourth-order valence-corrected chi connectivity index (χ4v) is 3.93. The second kappa shape index (κ2) is 6.88. The van der Waals surface area contributed by atoms with Crippen LogP contribution in [0.25, 0.3) is 10.9 Å². The lowest BCUT2D eigenvalue weighted by molar-refractivity contribution is -0.117. The Labute approximate surface area is 168 Å². The van der Waals surface area contributed by atoms with Crippen molar-refractivity contribution in [3.8, 4) is 0 Å². The molecule has 0 unspecified atom stereocenters. The molecule has 1 fully saturated rings. The largest absolute Gasteiger partial charge is 0.348 e. The van der Waals surface area contributed by atoms with Crippen LogP contribution in [-0.2, 0) is 24.4 Å². The average molecular weight is 386 g/mol. The van der Waals surface area contributed by atoms with Crippen LogP contribution in [0.5, 0.6) is 0 Å². The summed E-state index contributed by atoms with van der Waals surface area (Å²) in [4.78, 5) is 27.1. The summed E-state index contributed by atoms with van der Waals surface area (Å²) < 4.78 is 0. The van der Waals surface area contributed by atoms with Crippen LogP contribution in [0, 0.1) is 0 Å². The third kappa shape index (κ3) is 3.31. The van der Waals surface area contributed by atoms with Gasteiger partial charge in [-0.05, 0) is 42.5 Å². The molecule has 6 nitrogen and oxygen atoms in total. The maximum Gasteiger partial charge on any atom is 0.256 e. The molecule has 1 aromatic heterocycles. The number of H-pyrrole nitrogens is 1. The van der Waals surface area contributed by atoms with Gasteiger partial charge in [-0.1, -0.05) is 35.9 Å². The number of hydrogen-bond donors (Lipinski definition) is 2. The Balaban J connectivity index is 1.29. The highest BCUT2D eigenvalue weighted by Crippen LogP contribution is 2.31. The van der Waals surface area contributed by atoms with Gasteiger partial charge < -0.3 is 10.2 Å². The molecule has 2 aromatic carbocycles. The predicted octanol–water partition coefficient (Wildman–Crippen LogP) is 3.45. The van der Waals surface area contributed by atoms with Crippen molar-refractivity contribution in [1.29, 1.82) is 0 Å². The molecule has 1 aliphatic carbocycles. The standard InChI is InChI=1S/C23H22N4O2/c1-14(16-7-8-16)22(28)24-10-15-5-6-18-12-27(13-19(18)9-15)23(29)20-4-2-3-17-11-25-26-21(17)20/h2-6,9,11H,7-8,10,12-13H2,1H3,(H,24,28)(H,25,26). The van der Waals surface area contributed by atoms with E-state index in [9.17, 15) is 9.59 Å². The second-order valence-corrected chi connectivity index (χ2v) is 7.82. The lowest BCUT2D eigenvalue weighted by atomic mass is 10.1. The molecule has 146 valence electrons. The highest BCUT2D eigenvalue weighted by Gasteiger charge is 2.26. The van der Waals surface area contributed by atoms with E-state index in [2.05, 4.69) is 27.6 Å². The molecule has 1 aliphatic heterocycles. The van der Waals surface area contributed by atoms with Crippen molar-refractivity contribution in [3.05, 3.63) is 76.0 Å². The molecule has 2 heterocycles. The SMILES string of the molecule is CC(C(=O)NCc1ccc2c(c1)CN(C(=O)c1cccc3cn[nH]c13)C2)=C1CC1. The summed E-state index contributed by atoms with van der Waals surface area (Å²) in [5.41, 5.74) is 6.88. The number of hydrogen-bond acceptors (Lipinski definition) is 3. The molecule has 29 heavy (non-hydrogen) atoms. The molecule has 3 aromatic rings. The summed E-state index contributed by atoms with van der Waals surface area (Å²) >= 11 is 0. The van der Waals surface area contributed by atoms with Crippen LogP contribution in [-0.4, -0.2) is 26.9 Å². The summed E-state index contributed by atoms with van der Waals surface area (Å²) in [5, 5.41) is 10.9. The lowest BCUT2D eigenvalue weighted by Crippen LogP contribution is -2.25. The third-order valence-corrected chi connectivity index (χ3v) is 5.81. The molecule has 2 aliphatic rings. The zero-order chi connectivity index (χ0) is 20.0. The van der Waals surface area contributed by atoms with E-state index in [-0.39, 0.29) is 11.8 Å². The minimum atomic E-state index is -0.00224. The van der Waals surface area contributed by atoms with Gasteiger partial charge in [0.1, 0.15) is 0 Å². The molecular formula is C23H22N4O2. The molecule has 0 radical (unpaired) electrons. The summed E-state index contributed by atoms with van der Waals surface area (Å²) in [5.74, 6) is 0.0139. The van der Waals surface area contributed by atoms with Crippen LogP contribution in [0.3, 0.4) is 0 Å². The van der Waals surface area contributed by atoms with Gasteiger partial charge in [0, 0.05) is 30.6 Å². The number of allylic oxidation sites excluding steroid dienone is 1. The Morgan fingerprint density at radius 1 is 1.14 bits per heavy atom. The van der Waals surface area contributed by atoms with Crippen LogP contribution in [0.2, 0.25) is 0 Å². The van der Waals surface area contributed by atoms with Crippen molar-refractivity contribution in [2.75, 3.05) is 0 Å². The Hall–Kier alpha value is -3.41. The van der Waals surface area contributed by atoms with Crippen molar-refractivity contribution in [3.63, 3.8) is 0 Å². The van der Waals surface area contributed by atoms with Gasteiger partial charge in [-0.15, -0.1) is 0 Å². The average Bonchev–Trinajstić information content (AvgIpc) is 3.32. The number of carbonyl (C=O) groups excluding carboxylic acids is 2. The van der Waals surface area contributed by atoms with Gasteiger partial charge in [-0.2, -0.15) is 5.10 Å². The van der Waals surface area contributed by atoms with Gasteiger partial charge in [0.25, 0.3) is 5.91 Å². The zero-order valence-electron chi connectivity index (χ0n) is 16.3. The molecule has 0 bridgehead atoms. The number of benzene rings is 2. The monoisotopic (exact) mass is 386 g/mol. The summed E-state index contributed by atoms with van der Waals surface area (Å²) in [7, 11) is 0. The van der Waals surface area contributed by atoms with E-state index in [1.54, 1.807) is 6.20 Å². The van der Waals surface area contributed by atoms with Gasteiger partial charge in [0.15, 0.2) is 0 Å². The van der Waals surface area contributed by atoms with Crippen LogP contribution in [0.4, 0.5) is 0 Å². The van der Waals surface area contributed by atoms with Gasteiger partial charge in [-0.25, -0.2) is 0 Å². The quantitative estimate of drug-likeness (QED) is 0.674. The number of rotatable bonds is 4. The number of carbonyl (C=O) groups is 2. The second-order valence-electron chi connectivity index (χ2n) is 7.82. The van der Waals surface area contributed by atoms with Crippen molar-refractivity contribution in [1.82, 2.24) is 20.4 Å². The van der Waals surface area contributed by atoms with E-state index in [1.165, 1.54) is 5.57 Å². The molecule has 0 saturated heterocycles. The number of aromatic nitrogens is 2. The van der Waals surface area contributed by atoms with Crippen LogP contribution in [0.1, 0.15) is 46.8 Å². The number of nitrogens with one attached hydrogen (secondary N) is 2. The zero-order valence-corrected chi connectivity index (χ0v) is 16.3. The lowest BCUT2D eigenvalue weighted by Gasteiger charge is -2.15. The maximum absolute atomic E-state index is 13.1. The predicted molar refractivity (Wildman–Crippen MR) is 110 cm³/mol. The van der Waals surface area contributed by atoms with E-state index >= 15 is 0 Å². The molecule has 2 N–H and O–H groups in total. The van der Waals surface area contributed by atoms with E-state index in [4.69, 9.17) is 0 Å². The number of amides is 2.